The van der Waals surface area contributed by atoms with E-state index in [1.807, 2.05) is 43.3 Å². The van der Waals surface area contributed by atoms with Crippen molar-refractivity contribution in [1.82, 2.24) is 10.2 Å². The summed E-state index contributed by atoms with van der Waals surface area (Å²) in [5.74, 6) is 0.289. The molecule has 0 aromatic heterocycles. The Labute approximate surface area is 173 Å². The molecule has 1 aliphatic rings. The summed E-state index contributed by atoms with van der Waals surface area (Å²) in [6, 6.07) is 18.3. The van der Waals surface area contributed by atoms with Gasteiger partial charge in [-0.1, -0.05) is 54.1 Å². The quantitative estimate of drug-likeness (QED) is 0.480. The van der Waals surface area contributed by atoms with Crippen molar-refractivity contribution in [2.75, 3.05) is 6.61 Å². The number of nitrogens with zero attached hydrogens (tertiary/aromatic N) is 1. The van der Waals surface area contributed by atoms with Crippen molar-refractivity contribution in [1.29, 1.82) is 0 Å². The Morgan fingerprint density at radius 3 is 2.55 bits per heavy atom. The van der Waals surface area contributed by atoms with E-state index in [1.165, 1.54) is 4.90 Å². The molecule has 1 aliphatic heterocycles. The van der Waals surface area contributed by atoms with Gasteiger partial charge >= 0.3 is 6.03 Å². The highest BCUT2D eigenvalue weighted by Gasteiger charge is 2.33. The van der Waals surface area contributed by atoms with Gasteiger partial charge in [0, 0.05) is 10.6 Å². The maximum atomic E-state index is 12.9. The number of ether oxygens (including phenoxy) is 1. The maximum absolute atomic E-state index is 12.9. The molecule has 0 spiro atoms. The number of hydrogen-bond donors (Lipinski definition) is 1. The molecule has 0 saturated carbocycles. The minimum Gasteiger partial charge on any atom is -0.493 e. The lowest BCUT2D eigenvalue weighted by Crippen LogP contribution is -2.30. The maximum Gasteiger partial charge on any atom is 0.329 e. The zero-order valence-electron chi connectivity index (χ0n) is 15.8. The van der Waals surface area contributed by atoms with E-state index < -0.39 is 6.03 Å². The number of benzene rings is 3. The zero-order valence-corrected chi connectivity index (χ0v) is 16.6. The summed E-state index contributed by atoms with van der Waals surface area (Å²) in [4.78, 5) is 26.5. The first kappa shape index (κ1) is 19.0. The lowest BCUT2D eigenvalue weighted by Gasteiger charge is -2.12. The topological polar surface area (TPSA) is 58.6 Å². The van der Waals surface area contributed by atoms with E-state index in [2.05, 4.69) is 5.32 Å². The summed E-state index contributed by atoms with van der Waals surface area (Å²) < 4.78 is 5.76. The van der Waals surface area contributed by atoms with Crippen LogP contribution in [0.4, 0.5) is 4.79 Å². The van der Waals surface area contributed by atoms with Gasteiger partial charge < -0.3 is 10.1 Å². The molecule has 3 amide bonds. The molecular formula is C23H19ClN2O3. The van der Waals surface area contributed by atoms with E-state index in [0.717, 1.165) is 21.9 Å². The van der Waals surface area contributed by atoms with Gasteiger partial charge in [0.1, 0.15) is 11.4 Å². The lowest BCUT2D eigenvalue weighted by atomic mass is 10.0. The van der Waals surface area contributed by atoms with Crippen LogP contribution in [0.25, 0.3) is 16.8 Å². The van der Waals surface area contributed by atoms with Crippen LogP contribution in [-0.4, -0.2) is 23.4 Å². The van der Waals surface area contributed by atoms with Crippen LogP contribution >= 0.6 is 11.6 Å². The van der Waals surface area contributed by atoms with Crippen LogP contribution in [0.5, 0.6) is 5.75 Å². The molecule has 0 radical (unpaired) electrons. The van der Waals surface area contributed by atoms with Gasteiger partial charge in [-0.05, 0) is 47.5 Å². The van der Waals surface area contributed by atoms with Gasteiger partial charge in [-0.15, -0.1) is 0 Å². The first-order chi connectivity index (χ1) is 14.1. The predicted molar refractivity (Wildman–Crippen MR) is 114 cm³/mol. The van der Waals surface area contributed by atoms with Gasteiger partial charge in [0.2, 0.25) is 0 Å². The molecule has 0 unspecified atom stereocenters. The second-order valence-corrected chi connectivity index (χ2v) is 7.07. The largest absolute Gasteiger partial charge is 0.493 e. The fraction of sp³-hybridized carbons (Fsp3) is 0.130. The van der Waals surface area contributed by atoms with Crippen molar-refractivity contribution in [2.45, 2.75) is 13.5 Å². The molecule has 0 atom stereocenters. The molecule has 4 rings (SSSR count). The Hall–Kier alpha value is -3.31. The van der Waals surface area contributed by atoms with Gasteiger partial charge in [0.25, 0.3) is 5.91 Å². The monoisotopic (exact) mass is 406 g/mol. The van der Waals surface area contributed by atoms with Crippen LogP contribution in [0.3, 0.4) is 0 Å². The van der Waals surface area contributed by atoms with Crippen molar-refractivity contribution in [3.63, 3.8) is 0 Å². The fourth-order valence-electron chi connectivity index (χ4n) is 3.34. The number of carbonyl (C=O) groups is 2. The third-order valence-corrected chi connectivity index (χ3v) is 4.99. The summed E-state index contributed by atoms with van der Waals surface area (Å²) >= 11 is 5.91. The van der Waals surface area contributed by atoms with Crippen LogP contribution in [0.1, 0.15) is 18.1 Å². The summed E-state index contributed by atoms with van der Waals surface area (Å²) in [5.41, 5.74) is 1.81. The third-order valence-electron chi connectivity index (χ3n) is 4.74. The second kappa shape index (κ2) is 7.97. The zero-order chi connectivity index (χ0) is 20.4. The molecule has 3 aromatic carbocycles. The Morgan fingerprint density at radius 1 is 1.03 bits per heavy atom. The number of amides is 3. The first-order valence-corrected chi connectivity index (χ1v) is 9.68. The summed E-state index contributed by atoms with van der Waals surface area (Å²) in [5, 5.41) is 5.26. The Balaban J connectivity index is 1.70. The van der Waals surface area contributed by atoms with Gasteiger partial charge in [-0.3, -0.25) is 9.69 Å². The molecule has 0 aliphatic carbocycles. The highest BCUT2D eigenvalue weighted by atomic mass is 35.5. The van der Waals surface area contributed by atoms with Gasteiger partial charge in [0.05, 0.1) is 13.2 Å². The Morgan fingerprint density at radius 2 is 1.79 bits per heavy atom. The van der Waals surface area contributed by atoms with Crippen molar-refractivity contribution >= 4 is 40.4 Å². The van der Waals surface area contributed by atoms with Crippen molar-refractivity contribution < 1.29 is 14.3 Å². The molecule has 3 aromatic rings. The molecule has 29 heavy (non-hydrogen) atoms. The fourth-order valence-corrected chi connectivity index (χ4v) is 3.46. The van der Waals surface area contributed by atoms with Crippen LogP contribution in [-0.2, 0) is 11.3 Å². The molecule has 5 nitrogen and oxygen atoms in total. The Bertz CT molecular complexity index is 1120. The minimum absolute atomic E-state index is 0.174. The number of nitrogens with one attached hydrogen (secondary N) is 1. The number of urea groups is 1. The van der Waals surface area contributed by atoms with Crippen LogP contribution < -0.4 is 10.1 Å². The highest BCUT2D eigenvalue weighted by molar-refractivity contribution is 6.30. The smallest absolute Gasteiger partial charge is 0.329 e. The average Bonchev–Trinajstić information content (AvgIpc) is 2.99. The summed E-state index contributed by atoms with van der Waals surface area (Å²) in [7, 11) is 0. The number of hydrogen-bond acceptors (Lipinski definition) is 3. The van der Waals surface area contributed by atoms with E-state index in [-0.39, 0.29) is 18.1 Å². The van der Waals surface area contributed by atoms with Crippen molar-refractivity contribution in [2.24, 2.45) is 0 Å². The first-order valence-electron chi connectivity index (χ1n) is 9.30. The molecule has 0 bridgehead atoms. The standard InChI is InChI=1S/C23H19ClN2O3/c1-2-29-21-12-9-16-5-3-4-6-18(16)19(21)13-20-22(27)26(23(28)25-20)14-15-7-10-17(24)11-8-15/h3-13H,2,14H2,1H3,(H,25,28). The number of carbonyl (C=O) groups excluding carboxylic acids is 2. The molecule has 6 heteroatoms. The van der Waals surface area contributed by atoms with E-state index in [9.17, 15) is 9.59 Å². The lowest BCUT2D eigenvalue weighted by molar-refractivity contribution is -0.123. The van der Waals surface area contributed by atoms with Gasteiger partial charge in [-0.2, -0.15) is 0 Å². The van der Waals surface area contributed by atoms with Crippen LogP contribution in [0.15, 0.2) is 66.4 Å². The normalized spacial score (nSPS) is 15.2. The Kier molecular flexibility index (Phi) is 5.23. The van der Waals surface area contributed by atoms with Crippen LogP contribution in [0, 0.1) is 0 Å². The summed E-state index contributed by atoms with van der Waals surface area (Å²) in [6.07, 6.45) is 1.69. The van der Waals surface area contributed by atoms with E-state index in [1.54, 1.807) is 30.3 Å². The van der Waals surface area contributed by atoms with Gasteiger partial charge in [0.15, 0.2) is 0 Å². The van der Waals surface area contributed by atoms with E-state index >= 15 is 0 Å². The molecule has 1 heterocycles. The molecule has 146 valence electrons. The number of rotatable bonds is 5. The SMILES string of the molecule is CCOc1ccc2ccccc2c1C=C1NC(=O)N(Cc2ccc(Cl)cc2)C1=O. The number of halogens is 1. The number of fused-ring (bicyclic) bond motifs is 1. The molecule has 1 N–H and O–H groups in total. The van der Waals surface area contributed by atoms with Crippen LogP contribution in [0.2, 0.25) is 5.02 Å². The summed E-state index contributed by atoms with van der Waals surface area (Å²) in [6.45, 7) is 2.58. The van der Waals surface area contributed by atoms with Crippen molar-refractivity contribution in [3.8, 4) is 5.75 Å². The highest BCUT2D eigenvalue weighted by Crippen LogP contribution is 2.31. The van der Waals surface area contributed by atoms with Crippen molar-refractivity contribution in [3.05, 3.63) is 82.5 Å². The average molecular weight is 407 g/mol. The number of imide groups is 1. The second-order valence-electron chi connectivity index (χ2n) is 6.64. The van der Waals surface area contributed by atoms with E-state index in [4.69, 9.17) is 16.3 Å². The third kappa shape index (κ3) is 3.82. The minimum atomic E-state index is -0.450. The molecular weight excluding hydrogens is 388 g/mol. The predicted octanol–water partition coefficient (Wildman–Crippen LogP) is 4.98. The van der Waals surface area contributed by atoms with E-state index in [0.29, 0.717) is 17.4 Å². The molecule has 1 saturated heterocycles. The molecule has 1 fully saturated rings. The van der Waals surface area contributed by atoms with Gasteiger partial charge in [-0.25, -0.2) is 4.79 Å².